The van der Waals surface area contributed by atoms with E-state index in [0.717, 1.165) is 5.56 Å². The van der Waals surface area contributed by atoms with Gasteiger partial charge in [0, 0.05) is 5.56 Å². The monoisotopic (exact) mass is 529 g/mol. The van der Waals surface area contributed by atoms with E-state index in [-0.39, 0.29) is 23.1 Å². The minimum absolute atomic E-state index is 0.0894. The Morgan fingerprint density at radius 3 is 1.79 bits per heavy atom. The average Bonchev–Trinajstić information content (AvgIpc) is 3.50. The van der Waals surface area contributed by atoms with Gasteiger partial charge in [-0.15, -0.1) is 10.2 Å². The fourth-order valence-electron chi connectivity index (χ4n) is 3.98. The first-order valence-corrected chi connectivity index (χ1v) is 11.2. The maximum Gasteiger partial charge on any atom is 0.416 e. The van der Waals surface area contributed by atoms with Crippen LogP contribution in [0.3, 0.4) is 0 Å². The molecule has 0 aliphatic rings. The molecule has 5 rings (SSSR count). The van der Waals surface area contributed by atoms with E-state index in [1.807, 2.05) is 30.3 Å². The first-order chi connectivity index (χ1) is 18.1. The first-order valence-electron chi connectivity index (χ1n) is 11.2. The summed E-state index contributed by atoms with van der Waals surface area (Å²) < 4.78 is 83.2. The molecule has 0 fully saturated rings. The number of halogens is 6. The Labute approximate surface area is 211 Å². The second kappa shape index (κ2) is 9.72. The number of nitrogens with zero attached hydrogens (tertiary/aromatic N) is 7. The normalized spacial score (nSPS) is 12.2. The molecule has 0 saturated heterocycles. The van der Waals surface area contributed by atoms with Gasteiger partial charge in [0.15, 0.2) is 5.69 Å². The minimum Gasteiger partial charge on any atom is -0.239 e. The van der Waals surface area contributed by atoms with Crippen molar-refractivity contribution < 1.29 is 26.3 Å². The highest BCUT2D eigenvalue weighted by Crippen LogP contribution is 2.37. The zero-order chi connectivity index (χ0) is 26.9. The van der Waals surface area contributed by atoms with E-state index in [1.165, 1.54) is 9.36 Å². The van der Waals surface area contributed by atoms with Gasteiger partial charge in [0.1, 0.15) is 5.69 Å². The van der Waals surface area contributed by atoms with Crippen molar-refractivity contribution in [1.82, 2.24) is 35.2 Å². The van der Waals surface area contributed by atoms with Gasteiger partial charge in [-0.05, 0) is 39.8 Å². The van der Waals surface area contributed by atoms with Crippen molar-refractivity contribution in [3.05, 3.63) is 101 Å². The Bertz CT molecular complexity index is 1510. The third-order valence-corrected chi connectivity index (χ3v) is 5.68. The van der Waals surface area contributed by atoms with Crippen molar-refractivity contribution in [2.75, 3.05) is 0 Å². The maximum absolute atomic E-state index is 13.4. The Morgan fingerprint density at radius 1 is 0.605 bits per heavy atom. The van der Waals surface area contributed by atoms with Crippen LogP contribution >= 0.6 is 0 Å². The number of hydrogen-bond acceptors (Lipinski definition) is 5. The van der Waals surface area contributed by atoms with Crippen LogP contribution in [-0.2, 0) is 25.4 Å². The van der Waals surface area contributed by atoms with Crippen LogP contribution in [0.1, 0.15) is 22.3 Å². The minimum atomic E-state index is -4.97. The largest absolute Gasteiger partial charge is 0.416 e. The SMILES string of the molecule is FC(F)(F)c1cc(Cn2nnc(-c3nnnn3Cc3ccccc3)c2-c2ccccc2)cc(C(F)(F)F)c1. The van der Waals surface area contributed by atoms with Gasteiger partial charge in [-0.2, -0.15) is 26.3 Å². The van der Waals surface area contributed by atoms with Crippen LogP contribution in [0.25, 0.3) is 22.8 Å². The van der Waals surface area contributed by atoms with Crippen molar-refractivity contribution in [2.24, 2.45) is 0 Å². The predicted octanol–water partition coefficient (Wildman–Crippen LogP) is 5.73. The molecule has 13 heteroatoms. The molecule has 38 heavy (non-hydrogen) atoms. The van der Waals surface area contributed by atoms with Gasteiger partial charge >= 0.3 is 12.4 Å². The molecule has 0 aliphatic heterocycles. The highest BCUT2D eigenvalue weighted by atomic mass is 19.4. The fraction of sp³-hybridized carbons (Fsp3) is 0.160. The lowest BCUT2D eigenvalue weighted by molar-refractivity contribution is -0.143. The van der Waals surface area contributed by atoms with E-state index < -0.39 is 30.0 Å². The quantitative estimate of drug-likeness (QED) is 0.263. The van der Waals surface area contributed by atoms with Crippen LogP contribution < -0.4 is 0 Å². The summed E-state index contributed by atoms with van der Waals surface area (Å²) in [5.41, 5.74) is -1.03. The molecule has 0 bridgehead atoms. The number of hydrogen-bond donors (Lipinski definition) is 0. The van der Waals surface area contributed by atoms with Gasteiger partial charge in [-0.1, -0.05) is 65.9 Å². The molecule has 0 atom stereocenters. The highest BCUT2D eigenvalue weighted by molar-refractivity contribution is 5.74. The smallest absolute Gasteiger partial charge is 0.239 e. The lowest BCUT2D eigenvalue weighted by atomic mass is 10.0. The Kier molecular flexibility index (Phi) is 6.43. The summed E-state index contributed by atoms with van der Waals surface area (Å²) in [5.74, 6) is 0.235. The van der Waals surface area contributed by atoms with Crippen molar-refractivity contribution in [3.63, 3.8) is 0 Å². The number of benzene rings is 3. The molecular formula is C25H17F6N7. The van der Waals surface area contributed by atoms with E-state index in [1.54, 1.807) is 30.3 Å². The summed E-state index contributed by atoms with van der Waals surface area (Å²) in [6, 6.07) is 19.4. The highest BCUT2D eigenvalue weighted by Gasteiger charge is 2.37. The number of tetrazole rings is 1. The van der Waals surface area contributed by atoms with Crippen LogP contribution in [0.15, 0.2) is 78.9 Å². The van der Waals surface area contributed by atoms with Crippen molar-refractivity contribution >= 4 is 0 Å². The number of alkyl halides is 6. The molecular weight excluding hydrogens is 512 g/mol. The zero-order valence-electron chi connectivity index (χ0n) is 19.3. The summed E-state index contributed by atoms with van der Waals surface area (Å²) in [5, 5.41) is 20.1. The standard InChI is InChI=1S/C25H17F6N7/c26-24(27,28)19-11-17(12-20(13-19)25(29,30)31)15-37-22(18-9-5-2-6-10-18)21(32-35-37)23-33-34-36-38(23)14-16-7-3-1-4-8-16/h1-13H,14-15H2. The average molecular weight is 529 g/mol. The van der Waals surface area contributed by atoms with E-state index in [4.69, 9.17) is 0 Å². The molecule has 0 aliphatic carbocycles. The molecule has 0 amide bonds. The van der Waals surface area contributed by atoms with Gasteiger partial charge < -0.3 is 0 Å². The Hall–Kier alpha value is -4.55. The van der Waals surface area contributed by atoms with Crippen molar-refractivity contribution in [2.45, 2.75) is 25.4 Å². The molecule has 194 valence electrons. The summed E-state index contributed by atoms with van der Waals surface area (Å²) in [4.78, 5) is 0. The second-order valence-corrected chi connectivity index (χ2v) is 8.37. The molecule has 0 unspecified atom stereocenters. The van der Waals surface area contributed by atoms with Gasteiger partial charge in [-0.3, -0.25) is 0 Å². The predicted molar refractivity (Wildman–Crippen MR) is 123 cm³/mol. The van der Waals surface area contributed by atoms with Crippen LogP contribution in [0.4, 0.5) is 26.3 Å². The topological polar surface area (TPSA) is 74.3 Å². The van der Waals surface area contributed by atoms with E-state index in [2.05, 4.69) is 25.8 Å². The van der Waals surface area contributed by atoms with Crippen molar-refractivity contribution in [1.29, 1.82) is 0 Å². The van der Waals surface area contributed by atoms with E-state index >= 15 is 0 Å². The number of aromatic nitrogens is 7. The number of rotatable bonds is 6. The maximum atomic E-state index is 13.4. The van der Waals surface area contributed by atoms with E-state index in [9.17, 15) is 26.3 Å². The summed E-state index contributed by atoms with van der Waals surface area (Å²) in [6.45, 7) is -0.114. The summed E-state index contributed by atoms with van der Waals surface area (Å²) >= 11 is 0. The molecule has 0 radical (unpaired) electrons. The van der Waals surface area contributed by atoms with E-state index in [0.29, 0.717) is 29.9 Å². The first kappa shape index (κ1) is 25.1. The molecule has 5 aromatic rings. The summed E-state index contributed by atoms with van der Waals surface area (Å²) in [7, 11) is 0. The van der Waals surface area contributed by atoms with Crippen LogP contribution in [-0.4, -0.2) is 35.2 Å². The van der Waals surface area contributed by atoms with Crippen molar-refractivity contribution in [3.8, 4) is 22.8 Å². The van der Waals surface area contributed by atoms with Gasteiger partial charge in [0.05, 0.1) is 24.2 Å². The molecule has 0 spiro atoms. The van der Waals surface area contributed by atoms with Gasteiger partial charge in [0.25, 0.3) is 0 Å². The zero-order valence-corrected chi connectivity index (χ0v) is 19.3. The molecule has 0 N–H and O–H groups in total. The second-order valence-electron chi connectivity index (χ2n) is 8.37. The lowest BCUT2D eigenvalue weighted by Crippen LogP contribution is -2.13. The molecule has 2 heterocycles. The molecule has 0 saturated carbocycles. The van der Waals surface area contributed by atoms with Gasteiger partial charge in [0.2, 0.25) is 5.82 Å². The molecule has 3 aromatic carbocycles. The molecule has 2 aromatic heterocycles. The summed E-state index contributed by atoms with van der Waals surface area (Å²) in [6.07, 6.45) is -9.93. The Morgan fingerprint density at radius 2 is 1.18 bits per heavy atom. The fourth-order valence-corrected chi connectivity index (χ4v) is 3.98. The van der Waals surface area contributed by atoms with Crippen LogP contribution in [0.2, 0.25) is 0 Å². The van der Waals surface area contributed by atoms with Crippen LogP contribution in [0, 0.1) is 0 Å². The van der Waals surface area contributed by atoms with Gasteiger partial charge in [-0.25, -0.2) is 9.36 Å². The third kappa shape index (κ3) is 5.26. The Balaban J connectivity index is 1.61. The molecule has 7 nitrogen and oxygen atoms in total. The van der Waals surface area contributed by atoms with Crippen LogP contribution in [0.5, 0.6) is 0 Å². The lowest BCUT2D eigenvalue weighted by Gasteiger charge is -2.15. The third-order valence-electron chi connectivity index (χ3n) is 5.68.